The topological polar surface area (TPSA) is 39.7 Å². The maximum Gasteiger partial charge on any atom is 0.202 e. The average molecular weight is 397 g/mol. The molecule has 6 nitrogen and oxygen atoms in total. The van der Waals surface area contributed by atoms with Crippen molar-refractivity contribution >= 4 is 17.9 Å². The summed E-state index contributed by atoms with van der Waals surface area (Å²) in [6, 6.07) is 18.6. The van der Waals surface area contributed by atoms with Gasteiger partial charge >= 0.3 is 0 Å². The smallest absolute Gasteiger partial charge is 0.202 e. The lowest BCUT2D eigenvalue weighted by atomic mass is 10.2. The minimum Gasteiger partial charge on any atom is -0.497 e. The zero-order valence-electron chi connectivity index (χ0n) is 16.3. The van der Waals surface area contributed by atoms with Crippen molar-refractivity contribution in [1.29, 1.82) is 0 Å². The van der Waals surface area contributed by atoms with Gasteiger partial charge in [0, 0.05) is 18.3 Å². The van der Waals surface area contributed by atoms with Gasteiger partial charge in [-0.2, -0.15) is 4.68 Å². The second kappa shape index (κ2) is 8.16. The van der Waals surface area contributed by atoms with Crippen molar-refractivity contribution in [2.24, 2.45) is 7.05 Å². The fraction of sp³-hybridized carbons (Fsp3) is 0.333. The summed E-state index contributed by atoms with van der Waals surface area (Å²) in [5.41, 5.74) is 2.34. The lowest BCUT2D eigenvalue weighted by Crippen LogP contribution is -3.14. The fourth-order valence-electron chi connectivity index (χ4n) is 3.67. The SMILES string of the molecule is COc1ccc(-c2nn(C[NH+]3CCN(c4ccccc4)CC3)c(=S)n2C)cc1. The van der Waals surface area contributed by atoms with Crippen molar-refractivity contribution in [2.75, 3.05) is 38.2 Å². The monoisotopic (exact) mass is 396 g/mol. The molecule has 7 heteroatoms. The van der Waals surface area contributed by atoms with Crippen molar-refractivity contribution < 1.29 is 9.64 Å². The van der Waals surface area contributed by atoms with Crippen LogP contribution in [0.4, 0.5) is 5.69 Å². The Morgan fingerprint density at radius 3 is 2.36 bits per heavy atom. The van der Waals surface area contributed by atoms with Gasteiger partial charge in [0.1, 0.15) is 5.75 Å². The van der Waals surface area contributed by atoms with Gasteiger partial charge in [0.05, 0.1) is 33.3 Å². The molecule has 0 unspecified atom stereocenters. The Kier molecular flexibility index (Phi) is 5.45. The molecule has 3 aromatic rings. The van der Waals surface area contributed by atoms with E-state index in [0.29, 0.717) is 0 Å². The number of aromatic nitrogens is 3. The quantitative estimate of drug-likeness (QED) is 0.670. The molecule has 0 atom stereocenters. The Morgan fingerprint density at radius 1 is 1.04 bits per heavy atom. The molecule has 0 spiro atoms. The number of para-hydroxylation sites is 1. The van der Waals surface area contributed by atoms with Crippen LogP contribution in [0, 0.1) is 4.77 Å². The van der Waals surface area contributed by atoms with E-state index in [0.717, 1.165) is 54.8 Å². The maximum absolute atomic E-state index is 5.65. The summed E-state index contributed by atoms with van der Waals surface area (Å²) in [6.07, 6.45) is 0. The van der Waals surface area contributed by atoms with Crippen LogP contribution >= 0.6 is 12.2 Å². The van der Waals surface area contributed by atoms with Crippen LogP contribution in [-0.4, -0.2) is 47.6 Å². The number of hydrogen-bond donors (Lipinski definition) is 1. The Morgan fingerprint density at radius 2 is 1.71 bits per heavy atom. The molecule has 2 heterocycles. The highest BCUT2D eigenvalue weighted by Gasteiger charge is 2.21. The summed E-state index contributed by atoms with van der Waals surface area (Å²) in [5.74, 6) is 1.72. The number of anilines is 1. The highest BCUT2D eigenvalue weighted by Crippen LogP contribution is 2.20. The summed E-state index contributed by atoms with van der Waals surface area (Å²) in [7, 11) is 3.65. The third-order valence-electron chi connectivity index (χ3n) is 5.35. The molecule has 4 rings (SSSR count). The first-order chi connectivity index (χ1) is 13.7. The van der Waals surface area contributed by atoms with E-state index < -0.39 is 0 Å². The first-order valence-corrected chi connectivity index (χ1v) is 9.98. The van der Waals surface area contributed by atoms with Crippen LogP contribution in [0.3, 0.4) is 0 Å². The number of ether oxygens (including phenoxy) is 1. The zero-order valence-corrected chi connectivity index (χ0v) is 17.2. The van der Waals surface area contributed by atoms with E-state index in [1.54, 1.807) is 7.11 Å². The van der Waals surface area contributed by atoms with Crippen LogP contribution in [-0.2, 0) is 13.7 Å². The van der Waals surface area contributed by atoms with E-state index in [2.05, 4.69) is 35.2 Å². The van der Waals surface area contributed by atoms with Gasteiger partial charge in [-0.15, -0.1) is 5.10 Å². The minimum atomic E-state index is 0.754. The first-order valence-electron chi connectivity index (χ1n) is 9.57. The molecule has 28 heavy (non-hydrogen) atoms. The molecule has 1 aliphatic rings. The molecule has 1 saturated heterocycles. The fourth-order valence-corrected chi connectivity index (χ4v) is 3.86. The van der Waals surface area contributed by atoms with Crippen LogP contribution in [0.5, 0.6) is 5.75 Å². The summed E-state index contributed by atoms with van der Waals surface area (Å²) in [5, 5.41) is 4.81. The molecule has 2 aromatic carbocycles. The number of rotatable bonds is 5. The van der Waals surface area contributed by atoms with Gasteiger partial charge in [-0.25, -0.2) is 0 Å². The van der Waals surface area contributed by atoms with Crippen molar-refractivity contribution in [3.05, 3.63) is 59.4 Å². The Balaban J connectivity index is 1.45. The number of piperazine rings is 1. The predicted molar refractivity (Wildman–Crippen MR) is 113 cm³/mol. The summed E-state index contributed by atoms with van der Waals surface area (Å²) in [4.78, 5) is 3.95. The lowest BCUT2D eigenvalue weighted by Gasteiger charge is -2.33. The van der Waals surface area contributed by atoms with E-state index >= 15 is 0 Å². The van der Waals surface area contributed by atoms with E-state index in [9.17, 15) is 0 Å². The van der Waals surface area contributed by atoms with Crippen molar-refractivity contribution in [3.8, 4) is 17.1 Å². The second-order valence-corrected chi connectivity index (χ2v) is 7.49. The maximum atomic E-state index is 5.65. The Bertz CT molecular complexity index is 972. The molecule has 1 aromatic heterocycles. The van der Waals surface area contributed by atoms with Gasteiger partial charge in [0.2, 0.25) is 4.77 Å². The van der Waals surface area contributed by atoms with Gasteiger partial charge in [-0.05, 0) is 48.6 Å². The molecule has 0 saturated carbocycles. The Labute approximate surface area is 170 Å². The molecular formula is C21H26N5OS+. The zero-order chi connectivity index (χ0) is 19.5. The molecule has 0 aliphatic carbocycles. The standard InChI is InChI=1S/C21H25N5OS/c1-23-20(17-8-10-19(27-2)11-9-17)22-26(21(23)28)16-24-12-14-25(15-13-24)18-6-4-3-5-7-18/h3-11H,12-16H2,1-2H3/p+1. The molecule has 1 N–H and O–H groups in total. The summed E-state index contributed by atoms with van der Waals surface area (Å²) < 4.78 is 9.94. The Hall–Kier alpha value is -2.64. The highest BCUT2D eigenvalue weighted by molar-refractivity contribution is 7.71. The predicted octanol–water partition coefficient (Wildman–Crippen LogP) is 1.99. The van der Waals surface area contributed by atoms with Crippen LogP contribution in [0.25, 0.3) is 11.4 Å². The van der Waals surface area contributed by atoms with Gasteiger partial charge in [0.25, 0.3) is 0 Å². The van der Waals surface area contributed by atoms with Crippen molar-refractivity contribution in [3.63, 3.8) is 0 Å². The molecule has 1 fully saturated rings. The number of nitrogens with one attached hydrogen (secondary N) is 1. The average Bonchev–Trinajstić information content (AvgIpc) is 3.03. The third-order valence-corrected chi connectivity index (χ3v) is 5.84. The molecule has 1 aliphatic heterocycles. The number of methoxy groups -OCH3 is 1. The first kappa shape index (κ1) is 18.7. The van der Waals surface area contributed by atoms with Crippen molar-refractivity contribution in [1.82, 2.24) is 14.3 Å². The van der Waals surface area contributed by atoms with E-state index in [4.69, 9.17) is 22.1 Å². The van der Waals surface area contributed by atoms with Crippen LogP contribution < -0.4 is 14.5 Å². The van der Waals surface area contributed by atoms with Crippen molar-refractivity contribution in [2.45, 2.75) is 6.67 Å². The summed E-state index contributed by atoms with van der Waals surface area (Å²) >= 11 is 5.65. The van der Waals surface area contributed by atoms with E-state index in [-0.39, 0.29) is 0 Å². The lowest BCUT2D eigenvalue weighted by molar-refractivity contribution is -0.924. The van der Waals surface area contributed by atoms with Gasteiger partial charge in [0.15, 0.2) is 12.5 Å². The van der Waals surface area contributed by atoms with Crippen LogP contribution in [0.1, 0.15) is 0 Å². The second-order valence-electron chi connectivity index (χ2n) is 7.12. The number of nitrogens with zero attached hydrogens (tertiary/aromatic N) is 4. The molecular weight excluding hydrogens is 370 g/mol. The largest absolute Gasteiger partial charge is 0.497 e. The van der Waals surface area contributed by atoms with Crippen LogP contribution in [0.15, 0.2) is 54.6 Å². The molecule has 0 bridgehead atoms. The third kappa shape index (κ3) is 3.81. The normalized spacial score (nSPS) is 15.0. The molecule has 0 amide bonds. The minimum absolute atomic E-state index is 0.754. The number of quaternary nitrogens is 1. The van der Waals surface area contributed by atoms with E-state index in [1.807, 2.05) is 40.6 Å². The number of hydrogen-bond acceptors (Lipinski definition) is 4. The van der Waals surface area contributed by atoms with Gasteiger partial charge < -0.3 is 19.1 Å². The van der Waals surface area contributed by atoms with Gasteiger partial charge in [-0.1, -0.05) is 18.2 Å². The van der Waals surface area contributed by atoms with E-state index in [1.165, 1.54) is 10.6 Å². The summed E-state index contributed by atoms with van der Waals surface area (Å²) in [6.45, 7) is 5.04. The highest BCUT2D eigenvalue weighted by atomic mass is 32.1. The molecule has 146 valence electrons. The van der Waals surface area contributed by atoms with Gasteiger partial charge in [-0.3, -0.25) is 0 Å². The molecule has 0 radical (unpaired) electrons. The number of benzene rings is 2. The van der Waals surface area contributed by atoms with Crippen LogP contribution in [0.2, 0.25) is 0 Å².